The Morgan fingerprint density at radius 2 is 0.607 bits per heavy atom. The van der Waals surface area contributed by atoms with Crippen LogP contribution in [0.25, 0.3) is 0 Å². The van der Waals surface area contributed by atoms with Gasteiger partial charge in [0.2, 0.25) is 0 Å². The predicted octanol–water partition coefficient (Wildman–Crippen LogP) is 17.9. The molecular weight excluding hydrogens is 1110 g/mol. The number of phosphoric ester groups is 2. The van der Waals surface area contributed by atoms with Gasteiger partial charge >= 0.3 is 39.5 Å². The highest BCUT2D eigenvalue weighted by atomic mass is 31.2. The lowest BCUT2D eigenvalue weighted by atomic mass is 9.99. The van der Waals surface area contributed by atoms with Crippen LogP contribution in [0, 0.1) is 17.8 Å². The quantitative estimate of drug-likeness (QED) is 0.0222. The second kappa shape index (κ2) is 56.3. The van der Waals surface area contributed by atoms with Crippen molar-refractivity contribution in [1.82, 2.24) is 0 Å². The number of ether oxygens (including phenoxy) is 4. The summed E-state index contributed by atoms with van der Waals surface area (Å²) in [5, 5.41) is 10.5. The smallest absolute Gasteiger partial charge is 0.462 e. The van der Waals surface area contributed by atoms with Gasteiger partial charge in [0.25, 0.3) is 0 Å². The normalized spacial score (nSPS) is 14.7. The van der Waals surface area contributed by atoms with Crippen LogP contribution < -0.4 is 0 Å². The lowest BCUT2D eigenvalue weighted by Crippen LogP contribution is -2.30. The largest absolute Gasteiger partial charge is 0.472 e. The van der Waals surface area contributed by atoms with E-state index in [1.54, 1.807) is 0 Å². The van der Waals surface area contributed by atoms with Gasteiger partial charge in [-0.1, -0.05) is 267 Å². The van der Waals surface area contributed by atoms with Crippen LogP contribution in [0.4, 0.5) is 0 Å². The second-order valence-corrected chi connectivity index (χ2v) is 27.6. The molecule has 6 atom stereocenters. The molecule has 0 aromatic rings. The Labute approximate surface area is 511 Å². The van der Waals surface area contributed by atoms with Crippen LogP contribution >= 0.6 is 15.6 Å². The average Bonchev–Trinajstić information content (AvgIpc) is 3.51. The number of aliphatic hydroxyl groups excluding tert-OH is 1. The number of aliphatic hydroxyl groups is 1. The minimum absolute atomic E-state index is 0.102. The van der Waals surface area contributed by atoms with Gasteiger partial charge in [-0.15, -0.1) is 0 Å². The molecule has 0 aliphatic heterocycles. The van der Waals surface area contributed by atoms with E-state index in [0.717, 1.165) is 102 Å². The molecular formula is C65H126O17P2. The van der Waals surface area contributed by atoms with Gasteiger partial charge in [0.05, 0.1) is 26.4 Å². The standard InChI is InChI=1S/C65H126O17P2/c1-8-10-11-12-13-14-15-16-17-18-25-34-41-48-64(69)81-60(52-75-62(67)46-39-32-24-20-19-23-31-38-45-58(7)9-2)54-79-83(71,72)77-50-59(66)51-78-84(73,74)80-55-61(53-76-63(68)47-40-33-28-27-30-37-44-57(5)6)82-65(70)49-42-35-26-21-22-29-36-43-56(3)4/h56-61,66H,8-55H2,1-7H3,(H,71,72)(H,73,74)/t58?,59-,60-,61-/m1/s1. The van der Waals surface area contributed by atoms with Crippen molar-refractivity contribution < 1.29 is 80.2 Å². The lowest BCUT2D eigenvalue weighted by Gasteiger charge is -2.21. The molecule has 0 aromatic heterocycles. The number of esters is 4. The Balaban J connectivity index is 5.25. The summed E-state index contributed by atoms with van der Waals surface area (Å²) < 4.78 is 68.0. The van der Waals surface area contributed by atoms with Crippen molar-refractivity contribution in [1.29, 1.82) is 0 Å². The highest BCUT2D eigenvalue weighted by Crippen LogP contribution is 2.45. The molecule has 0 aliphatic rings. The monoisotopic (exact) mass is 1240 g/mol. The molecule has 0 aliphatic carbocycles. The molecule has 0 saturated carbocycles. The summed E-state index contributed by atoms with van der Waals surface area (Å²) in [7, 11) is -9.89. The molecule has 3 unspecified atom stereocenters. The fourth-order valence-electron chi connectivity index (χ4n) is 9.62. The van der Waals surface area contributed by atoms with Crippen LogP contribution in [-0.2, 0) is 65.4 Å². The number of unbranched alkanes of at least 4 members (excludes halogenated alkanes) is 30. The van der Waals surface area contributed by atoms with Gasteiger partial charge in [-0.2, -0.15) is 0 Å². The number of carbonyl (C=O) groups excluding carboxylic acids is 4. The minimum Gasteiger partial charge on any atom is -0.462 e. The zero-order chi connectivity index (χ0) is 62.4. The molecule has 0 saturated heterocycles. The maximum absolute atomic E-state index is 13.0. The lowest BCUT2D eigenvalue weighted by molar-refractivity contribution is -0.161. The van der Waals surface area contributed by atoms with Gasteiger partial charge in [0, 0.05) is 25.7 Å². The molecule has 19 heteroatoms. The Morgan fingerprint density at radius 3 is 0.905 bits per heavy atom. The van der Waals surface area contributed by atoms with E-state index in [1.807, 2.05) is 0 Å². The second-order valence-electron chi connectivity index (χ2n) is 24.7. The Morgan fingerprint density at radius 1 is 0.345 bits per heavy atom. The average molecular weight is 1240 g/mol. The molecule has 0 bridgehead atoms. The number of hydrogen-bond donors (Lipinski definition) is 3. The summed E-state index contributed by atoms with van der Waals surface area (Å²) in [5.74, 6) is 0.0160. The Kier molecular flexibility index (Phi) is 55.0. The van der Waals surface area contributed by atoms with E-state index in [2.05, 4.69) is 48.5 Å². The van der Waals surface area contributed by atoms with Crippen molar-refractivity contribution in [3.05, 3.63) is 0 Å². The van der Waals surface area contributed by atoms with E-state index < -0.39 is 97.5 Å². The molecule has 0 heterocycles. The molecule has 0 aromatic carbocycles. The molecule has 0 spiro atoms. The third kappa shape index (κ3) is 57.8. The topological polar surface area (TPSA) is 237 Å². The van der Waals surface area contributed by atoms with Gasteiger partial charge in [-0.05, 0) is 43.4 Å². The van der Waals surface area contributed by atoms with Crippen molar-refractivity contribution in [2.24, 2.45) is 17.8 Å². The molecule has 0 fully saturated rings. The van der Waals surface area contributed by atoms with Gasteiger partial charge in [0.15, 0.2) is 12.2 Å². The summed E-state index contributed by atoms with van der Waals surface area (Å²) in [4.78, 5) is 72.2. The van der Waals surface area contributed by atoms with Crippen LogP contribution in [0.5, 0.6) is 0 Å². The van der Waals surface area contributed by atoms with E-state index in [-0.39, 0.29) is 25.7 Å². The summed E-state index contributed by atoms with van der Waals surface area (Å²) in [6.07, 6.45) is 37.7. The van der Waals surface area contributed by atoms with Crippen molar-refractivity contribution in [3.8, 4) is 0 Å². The van der Waals surface area contributed by atoms with E-state index in [1.165, 1.54) is 122 Å². The maximum Gasteiger partial charge on any atom is 0.472 e. The van der Waals surface area contributed by atoms with E-state index in [0.29, 0.717) is 37.5 Å². The highest BCUT2D eigenvalue weighted by molar-refractivity contribution is 7.47. The van der Waals surface area contributed by atoms with Crippen LogP contribution in [0.2, 0.25) is 0 Å². The molecule has 0 rings (SSSR count). The molecule has 84 heavy (non-hydrogen) atoms. The van der Waals surface area contributed by atoms with Crippen LogP contribution in [0.3, 0.4) is 0 Å². The molecule has 0 radical (unpaired) electrons. The third-order valence-electron chi connectivity index (χ3n) is 15.2. The van der Waals surface area contributed by atoms with Crippen molar-refractivity contribution in [2.45, 2.75) is 336 Å². The molecule has 0 amide bonds. The molecule has 17 nitrogen and oxygen atoms in total. The molecule has 498 valence electrons. The third-order valence-corrected chi connectivity index (χ3v) is 17.1. The maximum atomic E-state index is 13.0. The first-order chi connectivity index (χ1) is 40.3. The first kappa shape index (κ1) is 82.1. The van der Waals surface area contributed by atoms with Crippen molar-refractivity contribution in [3.63, 3.8) is 0 Å². The van der Waals surface area contributed by atoms with E-state index in [9.17, 15) is 43.2 Å². The van der Waals surface area contributed by atoms with Gasteiger partial charge < -0.3 is 33.8 Å². The van der Waals surface area contributed by atoms with E-state index >= 15 is 0 Å². The van der Waals surface area contributed by atoms with Crippen LogP contribution in [0.15, 0.2) is 0 Å². The first-order valence-corrected chi connectivity index (χ1v) is 36.9. The summed E-state index contributed by atoms with van der Waals surface area (Å²) in [5.41, 5.74) is 0. The summed E-state index contributed by atoms with van der Waals surface area (Å²) in [6.45, 7) is 11.7. The Hall–Kier alpha value is -1.94. The SMILES string of the molecule is CCCCCCCCCCCCCCCC(=O)O[C@H](COC(=O)CCCCCCCCCCC(C)CC)COP(=O)(O)OC[C@@H](O)COP(=O)(O)OC[C@@H](COC(=O)CCCCCCCCC(C)C)OC(=O)CCCCCCCCCC(C)C. The predicted molar refractivity (Wildman–Crippen MR) is 335 cm³/mol. The highest BCUT2D eigenvalue weighted by Gasteiger charge is 2.30. The summed E-state index contributed by atoms with van der Waals surface area (Å²) in [6, 6.07) is 0. The van der Waals surface area contributed by atoms with Gasteiger partial charge in [-0.3, -0.25) is 37.3 Å². The molecule has 3 N–H and O–H groups in total. The number of rotatable bonds is 63. The van der Waals surface area contributed by atoms with Crippen molar-refractivity contribution in [2.75, 3.05) is 39.6 Å². The Bertz CT molecular complexity index is 1670. The number of carbonyl (C=O) groups is 4. The zero-order valence-electron chi connectivity index (χ0n) is 54.4. The number of phosphoric acid groups is 2. The fraction of sp³-hybridized carbons (Fsp3) is 0.938. The van der Waals surface area contributed by atoms with Crippen molar-refractivity contribution >= 4 is 39.5 Å². The fourth-order valence-corrected chi connectivity index (χ4v) is 11.2. The first-order valence-electron chi connectivity index (χ1n) is 33.9. The van der Waals surface area contributed by atoms with Gasteiger partial charge in [0.1, 0.15) is 19.3 Å². The summed E-state index contributed by atoms with van der Waals surface area (Å²) >= 11 is 0. The number of hydrogen-bond acceptors (Lipinski definition) is 15. The minimum atomic E-state index is -4.95. The van der Waals surface area contributed by atoms with Crippen LogP contribution in [0.1, 0.15) is 318 Å². The zero-order valence-corrected chi connectivity index (χ0v) is 56.1. The van der Waals surface area contributed by atoms with Crippen LogP contribution in [-0.4, -0.2) is 96.7 Å². The van der Waals surface area contributed by atoms with Gasteiger partial charge in [-0.25, -0.2) is 9.13 Å². The van der Waals surface area contributed by atoms with E-state index in [4.69, 9.17) is 37.0 Å².